The molecule has 0 heterocycles. The highest BCUT2D eigenvalue weighted by Crippen LogP contribution is 2.02. The first kappa shape index (κ1) is 15.7. The highest BCUT2D eigenvalue weighted by Gasteiger charge is 2.02. The van der Waals surface area contributed by atoms with E-state index in [1.54, 1.807) is 0 Å². The van der Waals surface area contributed by atoms with Crippen LogP contribution in [0.4, 0.5) is 0 Å². The highest BCUT2D eigenvalue weighted by molar-refractivity contribution is 5.72. The fraction of sp³-hybridized carbons (Fsp3) is 0.500. The molecular formula is C14H23NO2. The number of amides is 1. The van der Waals surface area contributed by atoms with Crippen molar-refractivity contribution in [1.29, 1.82) is 0 Å². The minimum Gasteiger partial charge on any atom is -0.372 e. The first-order valence-corrected chi connectivity index (χ1v) is 6.08. The summed E-state index contributed by atoms with van der Waals surface area (Å²) in [5.41, 5.74) is 1.15. The number of rotatable bonds is 5. The minimum absolute atomic E-state index is 0.0230. The van der Waals surface area contributed by atoms with Gasteiger partial charge in [-0.05, 0) is 12.5 Å². The Labute approximate surface area is 104 Å². The number of carbonyl (C=O) groups excluding carboxylic acids is 1. The molecule has 0 saturated carbocycles. The Morgan fingerprint density at radius 1 is 1.29 bits per heavy atom. The van der Waals surface area contributed by atoms with Crippen molar-refractivity contribution >= 4 is 5.91 Å². The third-order valence-corrected chi connectivity index (χ3v) is 2.02. The summed E-state index contributed by atoms with van der Waals surface area (Å²) in [4.78, 5) is 10.7. The predicted octanol–water partition coefficient (Wildman–Crippen LogP) is 2.75. The predicted molar refractivity (Wildman–Crippen MR) is 70.7 cm³/mol. The average molecular weight is 237 g/mol. The van der Waals surface area contributed by atoms with Crippen LogP contribution in [0, 0.1) is 0 Å². The summed E-state index contributed by atoms with van der Waals surface area (Å²) in [6.45, 7) is 8.59. The van der Waals surface area contributed by atoms with E-state index >= 15 is 0 Å². The van der Waals surface area contributed by atoms with Crippen molar-refractivity contribution in [2.45, 2.75) is 40.4 Å². The Kier molecular flexibility index (Phi) is 9.06. The van der Waals surface area contributed by atoms with E-state index in [0.717, 1.165) is 5.56 Å². The zero-order chi connectivity index (χ0) is 13.1. The summed E-state index contributed by atoms with van der Waals surface area (Å²) in [5.74, 6) is -0.0230. The van der Waals surface area contributed by atoms with Crippen LogP contribution in [0.2, 0.25) is 0 Å². The largest absolute Gasteiger partial charge is 0.372 e. The quantitative estimate of drug-likeness (QED) is 0.855. The minimum atomic E-state index is -0.0230. The highest BCUT2D eigenvalue weighted by atomic mass is 16.5. The van der Waals surface area contributed by atoms with Crippen LogP contribution in [0.5, 0.6) is 0 Å². The second-order valence-corrected chi connectivity index (χ2v) is 3.54. The van der Waals surface area contributed by atoms with E-state index < -0.39 is 0 Å². The van der Waals surface area contributed by atoms with Crippen LogP contribution in [0.25, 0.3) is 0 Å². The smallest absolute Gasteiger partial charge is 0.216 e. The van der Waals surface area contributed by atoms with Crippen molar-refractivity contribution in [1.82, 2.24) is 5.32 Å². The van der Waals surface area contributed by atoms with Crippen molar-refractivity contribution in [3.63, 3.8) is 0 Å². The van der Waals surface area contributed by atoms with Gasteiger partial charge in [0.15, 0.2) is 0 Å². The van der Waals surface area contributed by atoms with Crippen molar-refractivity contribution in [3.05, 3.63) is 35.9 Å². The molecule has 0 fully saturated rings. The zero-order valence-corrected chi connectivity index (χ0v) is 11.2. The topological polar surface area (TPSA) is 38.3 Å². The van der Waals surface area contributed by atoms with Gasteiger partial charge in [0.2, 0.25) is 5.91 Å². The van der Waals surface area contributed by atoms with Gasteiger partial charge in [-0.25, -0.2) is 0 Å². The normalized spacial score (nSPS) is 11.1. The lowest BCUT2D eigenvalue weighted by atomic mass is 10.2. The number of nitrogens with one attached hydrogen (secondary N) is 1. The van der Waals surface area contributed by atoms with Crippen LogP contribution in [0.1, 0.15) is 33.3 Å². The molecule has 0 aromatic heterocycles. The van der Waals surface area contributed by atoms with Crippen molar-refractivity contribution < 1.29 is 9.53 Å². The number of benzene rings is 1. The molecule has 1 rings (SSSR count). The Hall–Kier alpha value is -1.35. The van der Waals surface area contributed by atoms with Gasteiger partial charge in [-0.2, -0.15) is 0 Å². The molecular weight excluding hydrogens is 214 g/mol. The van der Waals surface area contributed by atoms with Crippen LogP contribution in [0.15, 0.2) is 30.3 Å². The monoisotopic (exact) mass is 237 g/mol. The molecule has 17 heavy (non-hydrogen) atoms. The fourth-order valence-electron chi connectivity index (χ4n) is 1.16. The molecule has 0 saturated heterocycles. The molecule has 0 aliphatic heterocycles. The molecule has 1 unspecified atom stereocenters. The molecule has 1 aromatic rings. The lowest BCUT2D eigenvalue weighted by Crippen LogP contribution is -2.30. The van der Waals surface area contributed by atoms with Crippen molar-refractivity contribution in [3.8, 4) is 0 Å². The first-order valence-electron chi connectivity index (χ1n) is 6.08. The van der Waals surface area contributed by atoms with E-state index in [1.165, 1.54) is 6.92 Å². The summed E-state index contributed by atoms with van der Waals surface area (Å²) in [5, 5.41) is 2.72. The van der Waals surface area contributed by atoms with E-state index in [2.05, 4.69) is 5.32 Å². The summed E-state index contributed by atoms with van der Waals surface area (Å²) in [6, 6.07) is 9.98. The Morgan fingerprint density at radius 2 is 1.88 bits per heavy atom. The maximum Gasteiger partial charge on any atom is 0.216 e. The molecule has 96 valence electrons. The Morgan fingerprint density at radius 3 is 2.41 bits per heavy atom. The molecule has 0 bridgehead atoms. The summed E-state index contributed by atoms with van der Waals surface area (Å²) in [7, 11) is 0. The summed E-state index contributed by atoms with van der Waals surface area (Å²) < 4.78 is 5.56. The van der Waals surface area contributed by atoms with Gasteiger partial charge in [-0.3, -0.25) is 4.79 Å². The van der Waals surface area contributed by atoms with E-state index in [9.17, 15) is 4.79 Å². The third-order valence-electron chi connectivity index (χ3n) is 2.02. The first-order chi connectivity index (χ1) is 8.18. The average Bonchev–Trinajstić information content (AvgIpc) is 2.37. The lowest BCUT2D eigenvalue weighted by Gasteiger charge is -2.13. The second-order valence-electron chi connectivity index (χ2n) is 3.54. The molecule has 1 aromatic carbocycles. The van der Waals surface area contributed by atoms with Crippen molar-refractivity contribution in [2.24, 2.45) is 0 Å². The molecule has 0 radical (unpaired) electrons. The van der Waals surface area contributed by atoms with Crippen LogP contribution in [-0.4, -0.2) is 18.6 Å². The molecule has 0 aliphatic carbocycles. The van der Waals surface area contributed by atoms with Gasteiger partial charge in [-0.1, -0.05) is 44.2 Å². The van der Waals surface area contributed by atoms with Gasteiger partial charge in [0.1, 0.15) is 0 Å². The fourth-order valence-corrected chi connectivity index (χ4v) is 1.16. The maximum absolute atomic E-state index is 10.7. The SMILES string of the molecule is CC.CC(=O)NCC(C)OCc1ccccc1. The Bertz CT molecular complexity index is 298. The maximum atomic E-state index is 10.7. The van der Waals surface area contributed by atoms with Crippen LogP contribution in [-0.2, 0) is 16.1 Å². The molecule has 3 heteroatoms. The molecule has 0 spiro atoms. The lowest BCUT2D eigenvalue weighted by molar-refractivity contribution is -0.119. The van der Waals surface area contributed by atoms with Gasteiger partial charge in [0.25, 0.3) is 0 Å². The van der Waals surface area contributed by atoms with E-state index in [0.29, 0.717) is 13.2 Å². The number of ether oxygens (including phenoxy) is 1. The molecule has 1 N–H and O–H groups in total. The van der Waals surface area contributed by atoms with Gasteiger partial charge < -0.3 is 10.1 Å². The zero-order valence-electron chi connectivity index (χ0n) is 11.2. The van der Waals surface area contributed by atoms with Crippen LogP contribution < -0.4 is 5.32 Å². The van der Waals surface area contributed by atoms with Gasteiger partial charge >= 0.3 is 0 Å². The van der Waals surface area contributed by atoms with E-state index in [4.69, 9.17) is 4.74 Å². The van der Waals surface area contributed by atoms with Gasteiger partial charge in [0, 0.05) is 13.5 Å². The molecule has 1 amide bonds. The number of hydrogen-bond donors (Lipinski definition) is 1. The summed E-state index contributed by atoms with van der Waals surface area (Å²) >= 11 is 0. The van der Waals surface area contributed by atoms with Gasteiger partial charge in [-0.15, -0.1) is 0 Å². The van der Waals surface area contributed by atoms with E-state index in [-0.39, 0.29) is 12.0 Å². The van der Waals surface area contributed by atoms with Gasteiger partial charge in [0.05, 0.1) is 12.7 Å². The van der Waals surface area contributed by atoms with E-state index in [1.807, 2.05) is 51.1 Å². The molecule has 0 aliphatic rings. The summed E-state index contributed by atoms with van der Waals surface area (Å²) in [6.07, 6.45) is 0.0362. The number of hydrogen-bond acceptors (Lipinski definition) is 2. The molecule has 3 nitrogen and oxygen atoms in total. The Balaban J connectivity index is 0.00000121. The second kappa shape index (κ2) is 9.85. The van der Waals surface area contributed by atoms with Crippen molar-refractivity contribution in [2.75, 3.05) is 6.54 Å². The van der Waals surface area contributed by atoms with Crippen LogP contribution >= 0.6 is 0 Å². The molecule has 1 atom stereocenters. The third kappa shape index (κ3) is 8.46. The number of carbonyl (C=O) groups is 1. The standard InChI is InChI=1S/C12H17NO2.C2H6/c1-10(8-13-11(2)14)15-9-12-6-4-3-5-7-12;1-2/h3-7,10H,8-9H2,1-2H3,(H,13,14);1-2H3. The van der Waals surface area contributed by atoms with Crippen LogP contribution in [0.3, 0.4) is 0 Å².